The molecular formula is C13H15NO3. The monoisotopic (exact) mass is 233 g/mol. The van der Waals surface area contributed by atoms with Gasteiger partial charge < -0.3 is 14.5 Å². The predicted molar refractivity (Wildman–Crippen MR) is 65.5 cm³/mol. The number of nitrogens with one attached hydrogen (secondary N) is 1. The van der Waals surface area contributed by atoms with Gasteiger partial charge >= 0.3 is 5.97 Å². The highest BCUT2D eigenvalue weighted by atomic mass is 16.5. The SMILES string of the molecule is CCOC(=O)c1cc2cc(OC)cc(C)c2[nH]1. The van der Waals surface area contributed by atoms with Gasteiger partial charge in [0.15, 0.2) is 0 Å². The molecule has 0 atom stereocenters. The van der Waals surface area contributed by atoms with Crippen LogP contribution in [0.1, 0.15) is 23.0 Å². The molecule has 4 nitrogen and oxygen atoms in total. The minimum Gasteiger partial charge on any atom is -0.497 e. The number of hydrogen-bond acceptors (Lipinski definition) is 3. The molecule has 1 heterocycles. The molecule has 0 amide bonds. The Kier molecular flexibility index (Phi) is 3.04. The topological polar surface area (TPSA) is 51.3 Å². The van der Waals surface area contributed by atoms with Crippen LogP contribution in [0.15, 0.2) is 18.2 Å². The van der Waals surface area contributed by atoms with Crippen LogP contribution in [0.4, 0.5) is 0 Å². The summed E-state index contributed by atoms with van der Waals surface area (Å²) >= 11 is 0. The Bertz CT molecular complexity index is 557. The molecule has 0 saturated heterocycles. The molecule has 0 aliphatic rings. The lowest BCUT2D eigenvalue weighted by molar-refractivity contribution is 0.0520. The molecule has 0 unspecified atom stereocenters. The van der Waals surface area contributed by atoms with Crippen molar-refractivity contribution >= 4 is 16.9 Å². The zero-order valence-corrected chi connectivity index (χ0v) is 10.2. The molecular weight excluding hydrogens is 218 g/mol. The second-order valence-electron chi connectivity index (χ2n) is 3.81. The second-order valence-corrected chi connectivity index (χ2v) is 3.81. The standard InChI is InChI=1S/C13H15NO3/c1-4-17-13(15)11-7-9-6-10(16-3)5-8(2)12(9)14-11/h5-7,14H,4H2,1-3H3. The fraction of sp³-hybridized carbons (Fsp3) is 0.308. The van der Waals surface area contributed by atoms with Crippen LogP contribution in [-0.4, -0.2) is 24.7 Å². The van der Waals surface area contributed by atoms with Crippen LogP contribution >= 0.6 is 0 Å². The van der Waals surface area contributed by atoms with E-state index in [1.807, 2.05) is 19.1 Å². The van der Waals surface area contributed by atoms with E-state index in [-0.39, 0.29) is 5.97 Å². The van der Waals surface area contributed by atoms with Crippen LogP contribution in [0, 0.1) is 6.92 Å². The lowest BCUT2D eigenvalue weighted by Gasteiger charge is -2.02. The molecule has 0 spiro atoms. The van der Waals surface area contributed by atoms with Crippen molar-refractivity contribution in [2.24, 2.45) is 0 Å². The predicted octanol–water partition coefficient (Wildman–Crippen LogP) is 2.66. The van der Waals surface area contributed by atoms with Crippen molar-refractivity contribution in [1.82, 2.24) is 4.98 Å². The molecule has 1 N–H and O–H groups in total. The van der Waals surface area contributed by atoms with E-state index in [1.165, 1.54) is 0 Å². The molecule has 0 fully saturated rings. The van der Waals surface area contributed by atoms with Crippen LogP contribution in [0.3, 0.4) is 0 Å². The summed E-state index contributed by atoms with van der Waals surface area (Å²) in [7, 11) is 1.62. The average Bonchev–Trinajstić information content (AvgIpc) is 2.73. The number of aromatic amines is 1. The number of carbonyl (C=O) groups excluding carboxylic acids is 1. The highest BCUT2D eigenvalue weighted by Crippen LogP contribution is 2.25. The molecule has 0 bridgehead atoms. The molecule has 0 radical (unpaired) electrons. The van der Waals surface area contributed by atoms with E-state index in [4.69, 9.17) is 9.47 Å². The third kappa shape index (κ3) is 2.11. The average molecular weight is 233 g/mol. The number of hydrogen-bond donors (Lipinski definition) is 1. The lowest BCUT2D eigenvalue weighted by atomic mass is 10.1. The maximum Gasteiger partial charge on any atom is 0.354 e. The van der Waals surface area contributed by atoms with Crippen LogP contribution in [-0.2, 0) is 4.74 Å². The highest BCUT2D eigenvalue weighted by molar-refractivity contribution is 5.96. The zero-order chi connectivity index (χ0) is 12.4. The Morgan fingerprint density at radius 2 is 2.12 bits per heavy atom. The minimum atomic E-state index is -0.331. The van der Waals surface area contributed by atoms with Crippen molar-refractivity contribution in [3.63, 3.8) is 0 Å². The molecule has 2 rings (SSSR count). The number of fused-ring (bicyclic) bond motifs is 1. The Labute approximate surface area is 99.5 Å². The molecule has 1 aromatic carbocycles. The van der Waals surface area contributed by atoms with E-state index in [0.717, 1.165) is 22.2 Å². The van der Waals surface area contributed by atoms with E-state index >= 15 is 0 Å². The first-order valence-corrected chi connectivity index (χ1v) is 5.50. The van der Waals surface area contributed by atoms with Gasteiger partial charge in [-0.15, -0.1) is 0 Å². The van der Waals surface area contributed by atoms with E-state index in [0.29, 0.717) is 12.3 Å². The summed E-state index contributed by atoms with van der Waals surface area (Å²) < 4.78 is 10.1. The van der Waals surface area contributed by atoms with Gasteiger partial charge in [-0.3, -0.25) is 0 Å². The first-order valence-electron chi connectivity index (χ1n) is 5.50. The van der Waals surface area contributed by atoms with Gasteiger partial charge in [0.2, 0.25) is 0 Å². The molecule has 0 saturated carbocycles. The van der Waals surface area contributed by atoms with Gasteiger partial charge in [0, 0.05) is 10.9 Å². The van der Waals surface area contributed by atoms with Gasteiger partial charge in [-0.05, 0) is 37.6 Å². The summed E-state index contributed by atoms with van der Waals surface area (Å²) in [5, 5.41) is 0.949. The van der Waals surface area contributed by atoms with Crippen molar-refractivity contribution in [1.29, 1.82) is 0 Å². The maximum atomic E-state index is 11.6. The summed E-state index contributed by atoms with van der Waals surface area (Å²) in [6.45, 7) is 4.13. The van der Waals surface area contributed by atoms with Gasteiger partial charge in [-0.2, -0.15) is 0 Å². The van der Waals surface area contributed by atoms with Gasteiger partial charge in [0.05, 0.1) is 13.7 Å². The molecule has 2 aromatic rings. The van der Waals surface area contributed by atoms with Crippen molar-refractivity contribution < 1.29 is 14.3 Å². The third-order valence-electron chi connectivity index (χ3n) is 2.63. The van der Waals surface area contributed by atoms with E-state index in [1.54, 1.807) is 20.1 Å². The minimum absolute atomic E-state index is 0.331. The quantitative estimate of drug-likeness (QED) is 0.829. The van der Waals surface area contributed by atoms with Crippen molar-refractivity contribution in [3.8, 4) is 5.75 Å². The zero-order valence-electron chi connectivity index (χ0n) is 10.2. The third-order valence-corrected chi connectivity index (χ3v) is 2.63. The number of H-pyrrole nitrogens is 1. The smallest absolute Gasteiger partial charge is 0.354 e. The van der Waals surface area contributed by atoms with Gasteiger partial charge in [-0.1, -0.05) is 0 Å². The number of benzene rings is 1. The number of carbonyl (C=O) groups is 1. The fourth-order valence-corrected chi connectivity index (χ4v) is 1.83. The van der Waals surface area contributed by atoms with Gasteiger partial charge in [0.25, 0.3) is 0 Å². The van der Waals surface area contributed by atoms with Crippen LogP contribution in [0.5, 0.6) is 5.75 Å². The first-order chi connectivity index (χ1) is 8.15. The van der Waals surface area contributed by atoms with Gasteiger partial charge in [-0.25, -0.2) is 4.79 Å². The Morgan fingerprint density at radius 1 is 1.35 bits per heavy atom. The number of ether oxygens (including phenoxy) is 2. The first kappa shape index (κ1) is 11.5. The van der Waals surface area contributed by atoms with Crippen LogP contribution in [0.25, 0.3) is 10.9 Å². The molecule has 1 aromatic heterocycles. The Balaban J connectivity index is 2.49. The summed E-state index contributed by atoms with van der Waals surface area (Å²) in [5.41, 5.74) is 2.45. The second kappa shape index (κ2) is 4.49. The number of methoxy groups -OCH3 is 1. The van der Waals surface area contributed by atoms with Gasteiger partial charge in [0.1, 0.15) is 11.4 Å². The summed E-state index contributed by atoms with van der Waals surface area (Å²) in [5.74, 6) is 0.450. The fourth-order valence-electron chi connectivity index (χ4n) is 1.83. The van der Waals surface area contributed by atoms with Crippen molar-refractivity contribution in [3.05, 3.63) is 29.5 Å². The van der Waals surface area contributed by atoms with E-state index in [2.05, 4.69) is 4.98 Å². The van der Waals surface area contributed by atoms with Crippen LogP contribution in [0.2, 0.25) is 0 Å². The highest BCUT2D eigenvalue weighted by Gasteiger charge is 2.12. The molecule has 0 aliphatic heterocycles. The normalized spacial score (nSPS) is 10.5. The molecule has 90 valence electrons. The van der Waals surface area contributed by atoms with Crippen molar-refractivity contribution in [2.75, 3.05) is 13.7 Å². The number of esters is 1. The molecule has 0 aliphatic carbocycles. The number of aromatic nitrogens is 1. The molecule has 4 heteroatoms. The molecule has 17 heavy (non-hydrogen) atoms. The number of rotatable bonds is 3. The van der Waals surface area contributed by atoms with E-state index < -0.39 is 0 Å². The lowest BCUT2D eigenvalue weighted by Crippen LogP contribution is -2.04. The summed E-state index contributed by atoms with van der Waals surface area (Å²) in [6.07, 6.45) is 0. The van der Waals surface area contributed by atoms with Crippen molar-refractivity contribution in [2.45, 2.75) is 13.8 Å². The van der Waals surface area contributed by atoms with Crippen LogP contribution < -0.4 is 4.74 Å². The maximum absolute atomic E-state index is 11.6. The Hall–Kier alpha value is -1.97. The summed E-state index contributed by atoms with van der Waals surface area (Å²) in [4.78, 5) is 14.7. The largest absolute Gasteiger partial charge is 0.497 e. The Morgan fingerprint density at radius 3 is 2.76 bits per heavy atom. The van der Waals surface area contributed by atoms with E-state index in [9.17, 15) is 4.79 Å². The summed E-state index contributed by atoms with van der Waals surface area (Å²) in [6, 6.07) is 5.60. The number of aryl methyl sites for hydroxylation is 1.